The van der Waals surface area contributed by atoms with Gasteiger partial charge < -0.3 is 14.8 Å². The number of carbonyl (C=O) groups excluding carboxylic acids is 2. The standard InChI is InChI=1S/C14H12ClF7N2O4/c1-2-27-10(25)13(14(20,21)22,28-6-12(17,18)19)24-11(26)23-7-3-4-9(16)8(15)5-7/h3-5H,2,6H2,1H3,(H2,23,24,26)/t13-/m1/s1. The number of urea groups is 1. The van der Waals surface area contributed by atoms with E-state index in [0.717, 1.165) is 30.4 Å². The van der Waals surface area contributed by atoms with E-state index in [2.05, 4.69) is 9.47 Å². The van der Waals surface area contributed by atoms with Crippen LogP contribution in [0.2, 0.25) is 5.02 Å². The molecule has 28 heavy (non-hydrogen) atoms. The number of alkyl halides is 6. The van der Waals surface area contributed by atoms with Crippen molar-refractivity contribution in [2.45, 2.75) is 25.0 Å². The topological polar surface area (TPSA) is 76.7 Å². The zero-order chi connectivity index (χ0) is 21.8. The molecule has 0 heterocycles. The molecule has 2 amide bonds. The summed E-state index contributed by atoms with van der Waals surface area (Å²) in [7, 11) is 0. The number of hydrogen-bond donors (Lipinski definition) is 2. The van der Waals surface area contributed by atoms with Crippen LogP contribution in [0.5, 0.6) is 0 Å². The molecule has 158 valence electrons. The van der Waals surface area contributed by atoms with Crippen LogP contribution >= 0.6 is 11.6 Å². The third kappa shape index (κ3) is 6.12. The Hall–Kier alpha value is -2.28. The Balaban J connectivity index is 3.19. The second-order valence-corrected chi connectivity index (χ2v) is 5.42. The number of anilines is 1. The summed E-state index contributed by atoms with van der Waals surface area (Å²) in [5.41, 5.74) is -4.77. The summed E-state index contributed by atoms with van der Waals surface area (Å²) in [6, 6.07) is 0.680. The van der Waals surface area contributed by atoms with Crippen molar-refractivity contribution in [2.75, 3.05) is 18.5 Å². The molecule has 0 aliphatic carbocycles. The average Bonchev–Trinajstić information content (AvgIpc) is 2.53. The number of esters is 1. The first-order valence-electron chi connectivity index (χ1n) is 7.20. The van der Waals surface area contributed by atoms with Gasteiger partial charge in [0.15, 0.2) is 0 Å². The zero-order valence-corrected chi connectivity index (χ0v) is 14.6. The quantitative estimate of drug-likeness (QED) is 0.398. The van der Waals surface area contributed by atoms with Crippen molar-refractivity contribution in [1.29, 1.82) is 0 Å². The molecule has 6 nitrogen and oxygen atoms in total. The Morgan fingerprint density at radius 3 is 2.21 bits per heavy atom. The second-order valence-electron chi connectivity index (χ2n) is 5.01. The van der Waals surface area contributed by atoms with E-state index in [1.54, 1.807) is 5.32 Å². The number of hydrogen-bond acceptors (Lipinski definition) is 4. The van der Waals surface area contributed by atoms with E-state index < -0.39 is 54.1 Å². The van der Waals surface area contributed by atoms with Gasteiger partial charge in [0.2, 0.25) is 0 Å². The van der Waals surface area contributed by atoms with Crippen molar-refractivity contribution in [3.63, 3.8) is 0 Å². The smallest absolute Gasteiger partial charge is 0.448 e. The maximum Gasteiger partial charge on any atom is 0.448 e. The van der Waals surface area contributed by atoms with Crippen LogP contribution in [0.3, 0.4) is 0 Å². The fourth-order valence-corrected chi connectivity index (χ4v) is 1.91. The van der Waals surface area contributed by atoms with Crippen LogP contribution in [-0.2, 0) is 14.3 Å². The molecule has 1 aromatic carbocycles. The van der Waals surface area contributed by atoms with Gasteiger partial charge in [-0.15, -0.1) is 0 Å². The molecule has 0 spiro atoms. The summed E-state index contributed by atoms with van der Waals surface area (Å²) in [6.07, 6.45) is -11.1. The molecule has 1 atom stereocenters. The third-order valence-electron chi connectivity index (χ3n) is 2.88. The van der Waals surface area contributed by atoms with Gasteiger partial charge >= 0.3 is 30.1 Å². The molecule has 0 aromatic heterocycles. The Labute approximate surface area is 157 Å². The fourth-order valence-electron chi connectivity index (χ4n) is 1.73. The first-order valence-corrected chi connectivity index (χ1v) is 7.58. The van der Waals surface area contributed by atoms with Gasteiger partial charge in [0.25, 0.3) is 0 Å². The minimum atomic E-state index is -5.83. The van der Waals surface area contributed by atoms with E-state index in [1.807, 2.05) is 0 Å². The summed E-state index contributed by atoms with van der Waals surface area (Å²) in [5, 5.41) is 2.26. The summed E-state index contributed by atoms with van der Waals surface area (Å²) < 4.78 is 98.3. The van der Waals surface area contributed by atoms with Gasteiger partial charge in [0.05, 0.1) is 11.6 Å². The number of benzene rings is 1. The monoisotopic (exact) mass is 440 g/mol. The maximum absolute atomic E-state index is 13.4. The predicted octanol–water partition coefficient (Wildman–Crippen LogP) is 4.00. The van der Waals surface area contributed by atoms with Gasteiger partial charge in [-0.25, -0.2) is 14.0 Å². The van der Waals surface area contributed by atoms with Gasteiger partial charge in [-0.1, -0.05) is 11.6 Å². The molecule has 14 heteroatoms. The maximum atomic E-state index is 13.4. The molecule has 2 N–H and O–H groups in total. The predicted molar refractivity (Wildman–Crippen MR) is 81.0 cm³/mol. The van der Waals surface area contributed by atoms with E-state index in [-0.39, 0.29) is 5.69 Å². The lowest BCUT2D eigenvalue weighted by Crippen LogP contribution is -2.67. The normalized spacial score (nSPS) is 14.2. The largest absolute Gasteiger partial charge is 0.462 e. The molecule has 0 radical (unpaired) electrons. The van der Waals surface area contributed by atoms with Crippen molar-refractivity contribution < 1.29 is 49.8 Å². The summed E-state index contributed by atoms with van der Waals surface area (Å²) in [5.74, 6) is -3.23. The molecular formula is C14H12ClF7N2O4. The van der Waals surface area contributed by atoms with Gasteiger partial charge in [-0.05, 0) is 25.1 Å². The molecule has 0 aliphatic heterocycles. The van der Waals surface area contributed by atoms with E-state index in [1.165, 1.54) is 0 Å². The Morgan fingerprint density at radius 1 is 1.14 bits per heavy atom. The Morgan fingerprint density at radius 2 is 1.75 bits per heavy atom. The zero-order valence-electron chi connectivity index (χ0n) is 13.8. The molecule has 0 unspecified atom stereocenters. The van der Waals surface area contributed by atoms with Crippen LogP contribution in [-0.4, -0.2) is 43.3 Å². The van der Waals surface area contributed by atoms with Gasteiger partial charge in [-0.2, -0.15) is 26.3 Å². The second kappa shape index (κ2) is 8.82. The van der Waals surface area contributed by atoms with Crippen molar-refractivity contribution in [3.8, 4) is 0 Å². The Bertz CT molecular complexity index is 727. The van der Waals surface area contributed by atoms with Crippen molar-refractivity contribution in [3.05, 3.63) is 29.0 Å². The van der Waals surface area contributed by atoms with Gasteiger partial charge in [-0.3, -0.25) is 5.32 Å². The summed E-state index contributed by atoms with van der Waals surface area (Å²) in [4.78, 5) is 23.6. The van der Waals surface area contributed by atoms with E-state index in [4.69, 9.17) is 11.6 Å². The lowest BCUT2D eigenvalue weighted by Gasteiger charge is -2.33. The van der Waals surface area contributed by atoms with Crippen LogP contribution in [0.25, 0.3) is 0 Å². The molecular weight excluding hydrogens is 429 g/mol. The summed E-state index contributed by atoms with van der Waals surface area (Å²) in [6.45, 7) is -2.08. The molecule has 0 saturated heterocycles. The number of ether oxygens (including phenoxy) is 2. The number of amides is 2. The average molecular weight is 441 g/mol. The number of nitrogens with one attached hydrogen (secondary N) is 2. The van der Waals surface area contributed by atoms with Crippen LogP contribution in [0, 0.1) is 5.82 Å². The number of rotatable bonds is 6. The van der Waals surface area contributed by atoms with Gasteiger partial charge in [0.1, 0.15) is 12.4 Å². The molecule has 0 saturated carbocycles. The lowest BCUT2D eigenvalue weighted by molar-refractivity contribution is -0.305. The highest BCUT2D eigenvalue weighted by molar-refractivity contribution is 6.31. The molecule has 1 rings (SSSR count). The highest BCUT2D eigenvalue weighted by Gasteiger charge is 2.66. The van der Waals surface area contributed by atoms with Crippen LogP contribution < -0.4 is 10.6 Å². The Kier molecular flexibility index (Phi) is 7.48. The minimum absolute atomic E-state index is 0.320. The van der Waals surface area contributed by atoms with Gasteiger partial charge in [0, 0.05) is 5.69 Å². The fraction of sp³-hybridized carbons (Fsp3) is 0.429. The number of halogens is 8. The first kappa shape index (κ1) is 23.8. The lowest BCUT2D eigenvalue weighted by atomic mass is 10.2. The van der Waals surface area contributed by atoms with Crippen LogP contribution in [0.4, 0.5) is 41.2 Å². The third-order valence-corrected chi connectivity index (χ3v) is 3.17. The first-order chi connectivity index (χ1) is 12.7. The van der Waals surface area contributed by atoms with Crippen molar-refractivity contribution >= 4 is 29.3 Å². The molecule has 1 aromatic rings. The van der Waals surface area contributed by atoms with Crippen molar-refractivity contribution in [1.82, 2.24) is 5.32 Å². The highest BCUT2D eigenvalue weighted by atomic mass is 35.5. The van der Waals surface area contributed by atoms with Crippen molar-refractivity contribution in [2.24, 2.45) is 0 Å². The van der Waals surface area contributed by atoms with E-state index in [0.29, 0.717) is 0 Å². The highest BCUT2D eigenvalue weighted by Crippen LogP contribution is 2.35. The SMILES string of the molecule is CCOC(=O)[C@@](NC(=O)Nc1ccc(F)c(Cl)c1)(OCC(F)(F)F)C(F)(F)F. The van der Waals surface area contributed by atoms with E-state index in [9.17, 15) is 40.3 Å². The molecule has 0 fully saturated rings. The van der Waals surface area contributed by atoms with E-state index >= 15 is 0 Å². The summed E-state index contributed by atoms with van der Waals surface area (Å²) >= 11 is 5.44. The van der Waals surface area contributed by atoms with Crippen LogP contribution in [0.1, 0.15) is 6.92 Å². The number of carbonyl (C=O) groups is 2. The molecule has 0 bridgehead atoms. The molecule has 0 aliphatic rings. The minimum Gasteiger partial charge on any atom is -0.462 e. The van der Waals surface area contributed by atoms with Crippen LogP contribution in [0.15, 0.2) is 18.2 Å².